The average Bonchev–Trinajstić information content (AvgIpc) is 2.94. The molecule has 12 heteroatoms. The number of anilines is 3. The molecule has 0 fully saturated rings. The number of hydrogen-bond donors (Lipinski definition) is 9. The fourth-order valence-electron chi connectivity index (χ4n) is 4.20. The normalized spacial score (nSPS) is 15.6. The van der Waals surface area contributed by atoms with Crippen molar-refractivity contribution in [3.8, 4) is 17.2 Å². The fraction of sp³-hybridized carbons (Fsp3) is 0.300. The summed E-state index contributed by atoms with van der Waals surface area (Å²) in [5, 5.41) is 71.6. The van der Waals surface area contributed by atoms with Crippen LogP contribution in [-0.2, 0) is 16.8 Å². The maximum atomic E-state index is 11.0. The largest absolute Gasteiger partial charge is 0.508 e. The number of nitrogens with zero attached hydrogens (tertiary/aromatic N) is 3. The zero-order valence-electron chi connectivity index (χ0n) is 23.6. The van der Waals surface area contributed by atoms with Crippen LogP contribution in [0.1, 0.15) is 37.5 Å². The van der Waals surface area contributed by atoms with Crippen molar-refractivity contribution in [1.29, 1.82) is 0 Å². The lowest BCUT2D eigenvalue weighted by atomic mass is 9.96. The van der Waals surface area contributed by atoms with Crippen molar-refractivity contribution in [1.82, 2.24) is 15.0 Å². The Bertz CT molecular complexity index is 1340. The Hall–Kier alpha value is -4.65. The molecule has 4 aromatic rings. The second-order valence-corrected chi connectivity index (χ2v) is 10.8. The van der Waals surface area contributed by atoms with E-state index in [4.69, 9.17) is 0 Å². The Morgan fingerprint density at radius 2 is 0.762 bits per heavy atom. The molecule has 3 atom stereocenters. The van der Waals surface area contributed by atoms with E-state index < -0.39 is 16.8 Å². The van der Waals surface area contributed by atoms with Gasteiger partial charge in [0.1, 0.15) is 34.1 Å². The molecule has 0 aliphatic rings. The van der Waals surface area contributed by atoms with Crippen molar-refractivity contribution in [3.05, 3.63) is 89.5 Å². The van der Waals surface area contributed by atoms with Crippen LogP contribution in [0.15, 0.2) is 72.8 Å². The number of aromatic hydroxyl groups is 3. The SMILES string of the molecule is CC(O)(CNc1nc(NCC(C)(O)c2cccc(O)c2)nc(NCC(C)(O)c2cccc(O)c2)n1)c1cccc(O)c1. The number of rotatable bonds is 12. The molecule has 1 heterocycles. The van der Waals surface area contributed by atoms with E-state index in [0.29, 0.717) is 16.7 Å². The van der Waals surface area contributed by atoms with E-state index in [1.807, 2.05) is 0 Å². The molecule has 222 valence electrons. The lowest BCUT2D eigenvalue weighted by Gasteiger charge is -2.26. The van der Waals surface area contributed by atoms with Gasteiger partial charge in [0.2, 0.25) is 17.8 Å². The van der Waals surface area contributed by atoms with Crippen molar-refractivity contribution >= 4 is 17.8 Å². The van der Waals surface area contributed by atoms with Crippen LogP contribution in [0.2, 0.25) is 0 Å². The van der Waals surface area contributed by atoms with Gasteiger partial charge in [0.05, 0.1) is 19.6 Å². The molecular formula is C30H36N6O6. The molecule has 3 unspecified atom stereocenters. The second kappa shape index (κ2) is 12.1. The standard InChI is InChI=1S/C30H36N6O6/c1-28(40,19-7-4-10-22(37)13-19)16-31-25-34-26(32-17-29(2,41)20-8-5-11-23(38)14-20)36-27(35-25)33-18-30(3,42)21-9-6-12-24(39)15-21/h4-15,37-42H,16-18H2,1-3H3,(H3,31,32,33,34,35,36). The van der Waals surface area contributed by atoms with Gasteiger partial charge in [-0.2, -0.15) is 15.0 Å². The lowest BCUT2D eigenvalue weighted by Crippen LogP contribution is -2.33. The number of aliphatic hydroxyl groups is 3. The Labute approximate surface area is 243 Å². The Kier molecular flexibility index (Phi) is 8.71. The summed E-state index contributed by atoms with van der Waals surface area (Å²) < 4.78 is 0. The van der Waals surface area contributed by atoms with E-state index in [0.717, 1.165) is 0 Å². The molecule has 0 bridgehead atoms. The molecule has 0 saturated heterocycles. The average molecular weight is 577 g/mol. The second-order valence-electron chi connectivity index (χ2n) is 10.8. The number of benzene rings is 3. The van der Waals surface area contributed by atoms with Crippen LogP contribution in [0.3, 0.4) is 0 Å². The van der Waals surface area contributed by atoms with Crippen molar-refractivity contribution in [2.45, 2.75) is 37.6 Å². The number of aromatic nitrogens is 3. The van der Waals surface area contributed by atoms with Gasteiger partial charge >= 0.3 is 0 Å². The first-order valence-electron chi connectivity index (χ1n) is 13.3. The highest BCUT2D eigenvalue weighted by molar-refractivity contribution is 5.44. The van der Waals surface area contributed by atoms with Crippen LogP contribution in [0.5, 0.6) is 17.2 Å². The van der Waals surface area contributed by atoms with Crippen molar-refractivity contribution in [2.24, 2.45) is 0 Å². The highest BCUT2D eigenvalue weighted by Gasteiger charge is 2.27. The molecule has 0 amide bonds. The zero-order chi connectivity index (χ0) is 30.5. The van der Waals surface area contributed by atoms with Crippen LogP contribution in [0.4, 0.5) is 17.8 Å². The summed E-state index contributed by atoms with van der Waals surface area (Å²) in [7, 11) is 0. The van der Waals surface area contributed by atoms with Crippen molar-refractivity contribution < 1.29 is 30.6 Å². The number of phenols is 3. The van der Waals surface area contributed by atoms with Gasteiger partial charge in [-0.1, -0.05) is 36.4 Å². The summed E-state index contributed by atoms with van der Waals surface area (Å²) in [6.07, 6.45) is 0. The smallest absolute Gasteiger partial charge is 0.229 e. The Morgan fingerprint density at radius 1 is 0.500 bits per heavy atom. The molecule has 3 aromatic carbocycles. The van der Waals surface area contributed by atoms with E-state index in [1.165, 1.54) is 36.4 Å². The quantitative estimate of drug-likeness (QED) is 0.120. The number of nitrogens with one attached hydrogen (secondary N) is 3. The molecule has 0 radical (unpaired) electrons. The molecule has 0 saturated carbocycles. The fourth-order valence-corrected chi connectivity index (χ4v) is 4.20. The summed E-state index contributed by atoms with van der Waals surface area (Å²) in [5.74, 6) is 0.314. The molecule has 0 aliphatic heterocycles. The van der Waals surface area contributed by atoms with Crippen LogP contribution < -0.4 is 16.0 Å². The minimum Gasteiger partial charge on any atom is -0.508 e. The molecule has 9 N–H and O–H groups in total. The van der Waals surface area contributed by atoms with E-state index in [-0.39, 0.29) is 54.7 Å². The lowest BCUT2D eigenvalue weighted by molar-refractivity contribution is 0.0709. The number of phenolic OH excluding ortho intramolecular Hbond substituents is 3. The third-order valence-electron chi connectivity index (χ3n) is 6.81. The minimum atomic E-state index is -1.40. The molecule has 0 aliphatic carbocycles. The first-order valence-corrected chi connectivity index (χ1v) is 13.3. The highest BCUT2D eigenvalue weighted by Crippen LogP contribution is 2.27. The summed E-state index contributed by atoms with van der Waals surface area (Å²) in [5.41, 5.74) is -2.76. The maximum Gasteiger partial charge on any atom is 0.229 e. The molecular weight excluding hydrogens is 540 g/mol. The van der Waals surface area contributed by atoms with Crippen molar-refractivity contribution in [2.75, 3.05) is 35.6 Å². The summed E-state index contributed by atoms with van der Waals surface area (Å²) in [4.78, 5) is 13.1. The van der Waals surface area contributed by atoms with Gasteiger partial charge < -0.3 is 46.6 Å². The zero-order valence-corrected chi connectivity index (χ0v) is 23.6. The Balaban J connectivity index is 1.56. The molecule has 4 rings (SSSR count). The van der Waals surface area contributed by atoms with E-state index in [9.17, 15) is 30.6 Å². The first kappa shape index (κ1) is 30.3. The van der Waals surface area contributed by atoms with Gasteiger partial charge in [-0.05, 0) is 73.9 Å². The van der Waals surface area contributed by atoms with E-state index in [1.54, 1.807) is 57.2 Å². The predicted molar refractivity (Wildman–Crippen MR) is 158 cm³/mol. The van der Waals surface area contributed by atoms with Crippen LogP contribution in [-0.4, -0.2) is 65.2 Å². The molecule has 0 spiro atoms. The van der Waals surface area contributed by atoms with Gasteiger partial charge in [-0.15, -0.1) is 0 Å². The van der Waals surface area contributed by atoms with Gasteiger partial charge in [0.15, 0.2) is 0 Å². The van der Waals surface area contributed by atoms with Crippen LogP contribution >= 0.6 is 0 Å². The van der Waals surface area contributed by atoms with E-state index in [2.05, 4.69) is 30.9 Å². The Morgan fingerprint density at radius 3 is 1.00 bits per heavy atom. The van der Waals surface area contributed by atoms with Crippen molar-refractivity contribution in [3.63, 3.8) is 0 Å². The van der Waals surface area contributed by atoms with Gasteiger partial charge in [-0.25, -0.2) is 0 Å². The maximum absolute atomic E-state index is 11.0. The summed E-state index contributed by atoms with van der Waals surface area (Å²) in [6.45, 7) is 4.65. The van der Waals surface area contributed by atoms with Gasteiger partial charge in [0.25, 0.3) is 0 Å². The highest BCUT2D eigenvalue weighted by atomic mass is 16.3. The summed E-state index contributed by atoms with van der Waals surface area (Å²) >= 11 is 0. The summed E-state index contributed by atoms with van der Waals surface area (Å²) in [6, 6.07) is 18.8. The van der Waals surface area contributed by atoms with Crippen LogP contribution in [0.25, 0.3) is 0 Å². The third kappa shape index (κ3) is 7.75. The first-order chi connectivity index (χ1) is 19.7. The van der Waals surface area contributed by atoms with Gasteiger partial charge in [-0.3, -0.25) is 0 Å². The molecule has 42 heavy (non-hydrogen) atoms. The topological polar surface area (TPSA) is 196 Å². The molecule has 1 aromatic heterocycles. The molecule has 12 nitrogen and oxygen atoms in total. The number of hydrogen-bond acceptors (Lipinski definition) is 12. The minimum absolute atomic E-state index is 0.0171. The third-order valence-corrected chi connectivity index (χ3v) is 6.81. The van der Waals surface area contributed by atoms with Gasteiger partial charge in [0, 0.05) is 0 Å². The monoisotopic (exact) mass is 576 g/mol. The van der Waals surface area contributed by atoms with E-state index >= 15 is 0 Å². The predicted octanol–water partition coefficient (Wildman–Crippen LogP) is 2.95. The van der Waals surface area contributed by atoms with Crippen LogP contribution in [0, 0.1) is 0 Å².